The molecule has 1 aromatic carbocycles. The number of oxime groups is 1. The maximum absolute atomic E-state index is 8.86. The van der Waals surface area contributed by atoms with Crippen molar-refractivity contribution in [2.45, 2.75) is 18.2 Å². The molecule has 0 spiro atoms. The zero-order valence-electron chi connectivity index (χ0n) is 7.23. The molecule has 3 heteroatoms. The molecule has 1 aliphatic rings. The van der Waals surface area contributed by atoms with Crippen LogP contribution in [0.15, 0.2) is 29.4 Å². The molecule has 0 atom stereocenters. The fraction of sp³-hybridized carbons (Fsp3) is 0.300. The van der Waals surface area contributed by atoms with Crippen molar-refractivity contribution < 1.29 is 5.21 Å². The second kappa shape index (κ2) is 3.95. The van der Waals surface area contributed by atoms with Crippen LogP contribution in [0.5, 0.6) is 0 Å². The Labute approximate surface area is 83.8 Å². The third-order valence-corrected chi connectivity index (χ3v) is 4.57. The Morgan fingerprint density at radius 3 is 3.00 bits per heavy atom. The number of nitrogens with zero attached hydrogens (tertiary/aromatic N) is 1. The van der Waals surface area contributed by atoms with Crippen molar-refractivity contribution in [2.24, 2.45) is 5.16 Å². The summed E-state index contributed by atoms with van der Waals surface area (Å²) in [6, 6.07) is 8.26. The quantitative estimate of drug-likeness (QED) is 0.415. The van der Waals surface area contributed by atoms with Gasteiger partial charge in [-0.25, -0.2) is 0 Å². The molecule has 0 saturated carbocycles. The first-order valence-electron chi connectivity index (χ1n) is 4.35. The second-order valence-electron chi connectivity index (χ2n) is 2.99. The van der Waals surface area contributed by atoms with Crippen molar-refractivity contribution in [1.29, 1.82) is 0 Å². The number of hydrogen-bond acceptors (Lipinski definition) is 2. The molecule has 0 fully saturated rings. The third kappa shape index (κ3) is 1.76. The van der Waals surface area contributed by atoms with E-state index in [1.54, 1.807) is 0 Å². The van der Waals surface area contributed by atoms with Crippen LogP contribution in [-0.2, 0) is 0 Å². The van der Waals surface area contributed by atoms with E-state index in [4.69, 9.17) is 5.21 Å². The van der Waals surface area contributed by atoms with Gasteiger partial charge in [-0.2, -0.15) is 0 Å². The van der Waals surface area contributed by atoms with Crippen molar-refractivity contribution in [1.82, 2.24) is 0 Å². The van der Waals surface area contributed by atoms with Gasteiger partial charge in [-0.05, 0) is 0 Å². The Hall–Kier alpha value is -0.791. The van der Waals surface area contributed by atoms with Gasteiger partial charge in [-0.1, -0.05) is 0 Å². The molecule has 0 bridgehead atoms. The Balaban J connectivity index is 2.48. The molecule has 0 aliphatic carbocycles. The van der Waals surface area contributed by atoms with E-state index in [0.29, 0.717) is 15.0 Å². The van der Waals surface area contributed by atoms with E-state index < -0.39 is 0 Å². The van der Waals surface area contributed by atoms with Gasteiger partial charge in [0.15, 0.2) is 0 Å². The Morgan fingerprint density at radius 1 is 1.31 bits per heavy atom. The monoisotopic (exact) mass is 241 g/mol. The Bertz CT molecular complexity index is 335. The van der Waals surface area contributed by atoms with Gasteiger partial charge in [0.05, 0.1) is 0 Å². The van der Waals surface area contributed by atoms with E-state index in [2.05, 4.69) is 23.4 Å². The summed E-state index contributed by atoms with van der Waals surface area (Å²) in [5.74, 6) is 0. The summed E-state index contributed by atoms with van der Waals surface area (Å²) in [5.41, 5.74) is 2.01. The van der Waals surface area contributed by atoms with E-state index in [9.17, 15) is 0 Å². The van der Waals surface area contributed by atoms with E-state index in [0.717, 1.165) is 24.1 Å². The van der Waals surface area contributed by atoms with Crippen molar-refractivity contribution in [3.05, 3.63) is 29.8 Å². The number of benzene rings is 1. The number of hydrogen-bond donors (Lipinski definition) is 1. The van der Waals surface area contributed by atoms with Gasteiger partial charge >= 0.3 is 83.5 Å². The molecule has 0 amide bonds. The van der Waals surface area contributed by atoms with E-state index in [1.165, 1.54) is 9.78 Å². The molecular formula is C10H11NOSe. The zero-order chi connectivity index (χ0) is 9.10. The number of rotatable bonds is 0. The average Bonchev–Trinajstić information content (AvgIpc) is 2.39. The number of fused-ring (bicyclic) bond motifs is 1. The summed E-state index contributed by atoms with van der Waals surface area (Å²) >= 11 is 0.559. The molecule has 0 saturated heterocycles. The van der Waals surface area contributed by atoms with Gasteiger partial charge < -0.3 is 0 Å². The molecule has 1 aliphatic heterocycles. The fourth-order valence-electron chi connectivity index (χ4n) is 1.49. The van der Waals surface area contributed by atoms with Gasteiger partial charge in [0.2, 0.25) is 0 Å². The topological polar surface area (TPSA) is 32.6 Å². The van der Waals surface area contributed by atoms with Crippen LogP contribution >= 0.6 is 0 Å². The Kier molecular flexibility index (Phi) is 2.67. The second-order valence-corrected chi connectivity index (χ2v) is 5.38. The van der Waals surface area contributed by atoms with Crippen molar-refractivity contribution in [3.63, 3.8) is 0 Å². The standard InChI is InChI=1S/C10H11NOSe/c12-11-9-5-3-7-13-10-6-2-1-4-8(9)10/h1-2,4,6,12H,3,5,7H2/b11-9-. The van der Waals surface area contributed by atoms with Gasteiger partial charge in [-0.15, -0.1) is 0 Å². The summed E-state index contributed by atoms with van der Waals surface area (Å²) in [4.78, 5) is 0. The molecule has 0 radical (unpaired) electrons. The van der Waals surface area contributed by atoms with Crippen LogP contribution in [0.25, 0.3) is 0 Å². The molecular weight excluding hydrogens is 229 g/mol. The van der Waals surface area contributed by atoms with E-state index in [-0.39, 0.29) is 0 Å². The summed E-state index contributed by atoms with van der Waals surface area (Å²) in [6.07, 6.45) is 2.06. The molecule has 1 aromatic rings. The van der Waals surface area contributed by atoms with Crippen molar-refractivity contribution in [3.8, 4) is 0 Å². The van der Waals surface area contributed by atoms with Gasteiger partial charge in [0.1, 0.15) is 0 Å². The summed E-state index contributed by atoms with van der Waals surface area (Å²) < 4.78 is 1.38. The van der Waals surface area contributed by atoms with E-state index in [1.807, 2.05) is 6.07 Å². The normalized spacial score (nSPS) is 19.5. The molecule has 2 rings (SSSR count). The van der Waals surface area contributed by atoms with Crippen LogP contribution in [0, 0.1) is 0 Å². The van der Waals surface area contributed by atoms with Gasteiger partial charge in [0.25, 0.3) is 0 Å². The summed E-state index contributed by atoms with van der Waals surface area (Å²) in [5, 5.41) is 13.5. The van der Waals surface area contributed by atoms with Gasteiger partial charge in [-0.3, -0.25) is 0 Å². The summed E-state index contributed by atoms with van der Waals surface area (Å²) in [7, 11) is 0. The molecule has 2 nitrogen and oxygen atoms in total. The van der Waals surface area contributed by atoms with Crippen LogP contribution in [0.4, 0.5) is 0 Å². The first-order chi connectivity index (χ1) is 6.42. The van der Waals surface area contributed by atoms with Crippen LogP contribution in [0.3, 0.4) is 0 Å². The fourth-order valence-corrected chi connectivity index (χ4v) is 3.64. The predicted octanol–water partition coefficient (Wildman–Crippen LogP) is 1.41. The minimum absolute atomic E-state index is 0.559. The maximum atomic E-state index is 8.86. The van der Waals surface area contributed by atoms with E-state index >= 15 is 0 Å². The molecule has 13 heavy (non-hydrogen) atoms. The van der Waals surface area contributed by atoms with Crippen LogP contribution in [0.1, 0.15) is 18.4 Å². The van der Waals surface area contributed by atoms with Crippen LogP contribution < -0.4 is 4.46 Å². The molecule has 0 aromatic heterocycles. The molecule has 68 valence electrons. The average molecular weight is 240 g/mol. The zero-order valence-corrected chi connectivity index (χ0v) is 8.95. The Morgan fingerprint density at radius 2 is 2.15 bits per heavy atom. The van der Waals surface area contributed by atoms with Crippen molar-refractivity contribution >= 4 is 25.1 Å². The first kappa shape index (κ1) is 8.79. The molecule has 1 heterocycles. The first-order valence-corrected chi connectivity index (χ1v) is 6.42. The molecule has 1 N–H and O–H groups in total. The van der Waals surface area contributed by atoms with Crippen molar-refractivity contribution in [2.75, 3.05) is 0 Å². The predicted molar refractivity (Wildman–Crippen MR) is 54.2 cm³/mol. The minimum atomic E-state index is 0.559. The van der Waals surface area contributed by atoms with Crippen LogP contribution in [-0.4, -0.2) is 25.9 Å². The summed E-state index contributed by atoms with van der Waals surface area (Å²) in [6.45, 7) is 0. The van der Waals surface area contributed by atoms with Gasteiger partial charge in [0, 0.05) is 0 Å². The van der Waals surface area contributed by atoms with Crippen LogP contribution in [0.2, 0.25) is 5.32 Å². The SMILES string of the molecule is O/N=C1/CCC[Se]c2ccccc21. The molecule has 0 unspecified atom stereocenters. The third-order valence-electron chi connectivity index (χ3n) is 2.13.